The van der Waals surface area contributed by atoms with Crippen LogP contribution < -0.4 is 9.73 Å². The van der Waals surface area contributed by atoms with Crippen molar-refractivity contribution in [1.82, 2.24) is 5.43 Å². The summed E-state index contributed by atoms with van der Waals surface area (Å²) in [5.74, 6) is 0.404. The molecule has 1 N–H and O–H groups in total. The van der Waals surface area contributed by atoms with Crippen molar-refractivity contribution in [2.45, 2.75) is 6.18 Å². The maximum atomic E-state index is 13.1. The Morgan fingerprint density at radius 3 is 2.34 bits per heavy atom. The lowest BCUT2D eigenvalue weighted by Gasteiger charge is -2.18. The van der Waals surface area contributed by atoms with Crippen LogP contribution in [0, 0.1) is 0 Å². The third-order valence-corrected chi connectivity index (χ3v) is 6.20. The van der Waals surface area contributed by atoms with Crippen molar-refractivity contribution in [3.05, 3.63) is 59.7 Å². The number of hydrazone groups is 1. The minimum Gasteiger partial charge on any atom is -0.274 e. The highest BCUT2D eigenvalue weighted by Crippen LogP contribution is 2.36. The molecule has 0 aromatic heterocycles. The van der Waals surface area contributed by atoms with Gasteiger partial charge in [0, 0.05) is 12.8 Å². The molecule has 0 amide bonds. The van der Waals surface area contributed by atoms with Crippen LogP contribution in [-0.4, -0.2) is 38.4 Å². The number of aliphatic imine (C=N–C) groups is 1. The van der Waals surface area contributed by atoms with Gasteiger partial charge < -0.3 is 0 Å². The minimum atomic E-state index is -4.49. The van der Waals surface area contributed by atoms with Crippen molar-refractivity contribution in [2.75, 3.05) is 23.4 Å². The Kier molecular flexibility index (Phi) is 5.90. The molecule has 1 aliphatic rings. The van der Waals surface area contributed by atoms with Crippen LogP contribution in [0.15, 0.2) is 58.6 Å². The molecule has 29 heavy (non-hydrogen) atoms. The van der Waals surface area contributed by atoms with E-state index in [-0.39, 0.29) is 10.9 Å². The van der Waals surface area contributed by atoms with Gasteiger partial charge in [-0.05, 0) is 29.8 Å². The Balaban J connectivity index is 1.77. The third kappa shape index (κ3) is 5.10. The van der Waals surface area contributed by atoms with Crippen LogP contribution in [0.5, 0.6) is 0 Å². The molecule has 11 heteroatoms. The predicted molar refractivity (Wildman–Crippen MR) is 110 cm³/mol. The second-order valence-electron chi connectivity index (χ2n) is 6.17. The fourth-order valence-corrected chi connectivity index (χ4v) is 3.78. The fourth-order valence-electron chi connectivity index (χ4n) is 2.50. The normalized spacial score (nSPS) is 16.3. The lowest BCUT2D eigenvalue weighted by molar-refractivity contribution is -0.137. The average Bonchev–Trinajstić information content (AvgIpc) is 2.67. The van der Waals surface area contributed by atoms with Gasteiger partial charge in [-0.2, -0.15) is 18.3 Å². The zero-order valence-corrected chi connectivity index (χ0v) is 17.1. The molecule has 1 heterocycles. The first kappa shape index (κ1) is 21.2. The molecule has 0 fully saturated rings. The zero-order chi connectivity index (χ0) is 21.2. The Labute approximate surface area is 170 Å². The van der Waals surface area contributed by atoms with Gasteiger partial charge in [0.15, 0.2) is 5.17 Å². The van der Waals surface area contributed by atoms with Crippen LogP contribution in [0.1, 0.15) is 11.1 Å². The molecule has 1 aliphatic heterocycles. The Bertz CT molecular complexity index is 1070. The van der Waals surface area contributed by atoms with E-state index in [9.17, 15) is 21.6 Å². The summed E-state index contributed by atoms with van der Waals surface area (Å²) in [6.45, 7) is 0. The first-order chi connectivity index (χ1) is 13.6. The predicted octanol–water partition coefficient (Wildman–Crippen LogP) is 3.83. The highest BCUT2D eigenvalue weighted by Gasteiger charge is 2.33. The Hall–Kier alpha value is -2.53. The Morgan fingerprint density at radius 1 is 1.14 bits per heavy atom. The monoisotopic (exact) mass is 442 g/mol. The molecule has 0 saturated carbocycles. The van der Waals surface area contributed by atoms with Gasteiger partial charge in [-0.15, -0.1) is 0 Å². The molecule has 0 bridgehead atoms. The quantitative estimate of drug-likeness (QED) is 0.781. The maximum Gasteiger partial charge on any atom is 0.418 e. The summed E-state index contributed by atoms with van der Waals surface area (Å²) in [6, 6.07) is 11.9. The number of hydrogen-bond donors (Lipinski definition) is 1. The van der Waals surface area contributed by atoms with E-state index in [1.807, 2.05) is 0 Å². The third-order valence-electron chi connectivity index (χ3n) is 4.13. The summed E-state index contributed by atoms with van der Waals surface area (Å²) in [4.78, 5) is 4.05. The van der Waals surface area contributed by atoms with Crippen LogP contribution in [-0.2, 0) is 16.2 Å². The molecule has 0 aliphatic carbocycles. The molecule has 154 valence electrons. The lowest BCUT2D eigenvalue weighted by atomic mass is 10.1. The van der Waals surface area contributed by atoms with Gasteiger partial charge in [-0.25, -0.2) is 13.4 Å². The van der Waals surface area contributed by atoms with Gasteiger partial charge in [0.2, 0.25) is 10.0 Å². The fraction of sp³-hybridized carbons (Fsp3) is 0.222. The topological polar surface area (TPSA) is 74.1 Å². The van der Waals surface area contributed by atoms with Crippen molar-refractivity contribution in [3.63, 3.8) is 0 Å². The smallest absolute Gasteiger partial charge is 0.274 e. The Morgan fingerprint density at radius 2 is 1.79 bits per heavy atom. The highest BCUT2D eigenvalue weighted by molar-refractivity contribution is 8.14. The number of halogens is 3. The number of sulfonamides is 1. The van der Waals surface area contributed by atoms with E-state index in [1.54, 1.807) is 24.3 Å². The molecular formula is C18H17F3N4O2S2. The van der Waals surface area contributed by atoms with Crippen molar-refractivity contribution in [3.8, 4) is 0 Å². The summed E-state index contributed by atoms with van der Waals surface area (Å²) in [5.41, 5.74) is 3.65. The van der Waals surface area contributed by atoms with Gasteiger partial charge in [0.1, 0.15) is 0 Å². The van der Waals surface area contributed by atoms with E-state index >= 15 is 0 Å². The van der Waals surface area contributed by atoms with Crippen molar-refractivity contribution >= 4 is 44.0 Å². The van der Waals surface area contributed by atoms with E-state index in [0.29, 0.717) is 17.2 Å². The van der Waals surface area contributed by atoms with E-state index in [0.717, 1.165) is 22.2 Å². The van der Waals surface area contributed by atoms with E-state index in [2.05, 4.69) is 15.5 Å². The number of benzene rings is 2. The standard InChI is InChI=1S/C18H17F3N4O2S2/c1-25(29(2,26)27)13-9-7-12(8-10-13)16-11-28-17(24-23-16)22-15-6-4-3-5-14(15)18(19,20)21/h3-10H,11H2,1-2H3,(H,22,24). The summed E-state index contributed by atoms with van der Waals surface area (Å²) in [7, 11) is -1.89. The molecule has 0 spiro atoms. The number of amidine groups is 1. The van der Waals surface area contributed by atoms with Crippen molar-refractivity contribution < 1.29 is 21.6 Å². The number of alkyl halides is 3. The van der Waals surface area contributed by atoms with Gasteiger partial charge in [-0.3, -0.25) is 9.73 Å². The summed E-state index contributed by atoms with van der Waals surface area (Å²) in [5, 5.41) is 4.46. The lowest BCUT2D eigenvalue weighted by Crippen LogP contribution is -2.26. The second-order valence-corrected chi connectivity index (χ2v) is 9.15. The first-order valence-corrected chi connectivity index (χ1v) is 11.1. The van der Waals surface area contributed by atoms with Gasteiger partial charge in [0.05, 0.1) is 28.9 Å². The molecule has 0 radical (unpaired) electrons. The van der Waals surface area contributed by atoms with Crippen LogP contribution >= 0.6 is 11.8 Å². The minimum absolute atomic E-state index is 0.179. The summed E-state index contributed by atoms with van der Waals surface area (Å²) < 4.78 is 63.6. The number of para-hydroxylation sites is 1. The number of rotatable bonds is 4. The van der Waals surface area contributed by atoms with E-state index in [4.69, 9.17) is 0 Å². The number of hydrogen-bond acceptors (Lipinski definition) is 5. The second kappa shape index (κ2) is 8.07. The van der Waals surface area contributed by atoms with Gasteiger partial charge in [0.25, 0.3) is 0 Å². The number of nitrogens with zero attached hydrogens (tertiary/aromatic N) is 3. The molecule has 3 rings (SSSR count). The first-order valence-electron chi connectivity index (χ1n) is 8.30. The molecule has 6 nitrogen and oxygen atoms in total. The van der Waals surface area contributed by atoms with Crippen molar-refractivity contribution in [1.29, 1.82) is 0 Å². The SMILES string of the molecule is CN(c1ccc(C2=NNC(=Nc3ccccc3C(F)(F)F)SC2)cc1)S(C)(=O)=O. The molecular weight excluding hydrogens is 425 g/mol. The average molecular weight is 442 g/mol. The zero-order valence-electron chi connectivity index (χ0n) is 15.4. The van der Waals surface area contributed by atoms with Gasteiger partial charge >= 0.3 is 6.18 Å². The number of nitrogens with one attached hydrogen (secondary N) is 1. The van der Waals surface area contributed by atoms with Crippen LogP contribution in [0.25, 0.3) is 0 Å². The van der Waals surface area contributed by atoms with Crippen LogP contribution in [0.4, 0.5) is 24.5 Å². The maximum absolute atomic E-state index is 13.1. The number of anilines is 1. The molecule has 0 atom stereocenters. The van der Waals surface area contributed by atoms with E-state index in [1.165, 1.54) is 37.0 Å². The van der Waals surface area contributed by atoms with Crippen LogP contribution in [0.2, 0.25) is 0 Å². The molecule has 2 aromatic carbocycles. The van der Waals surface area contributed by atoms with Gasteiger partial charge in [-0.1, -0.05) is 36.0 Å². The summed E-state index contributed by atoms with van der Waals surface area (Å²) >= 11 is 1.23. The molecule has 0 saturated heterocycles. The number of thioether (sulfide) groups is 1. The van der Waals surface area contributed by atoms with E-state index < -0.39 is 21.8 Å². The van der Waals surface area contributed by atoms with Crippen molar-refractivity contribution in [2.24, 2.45) is 10.1 Å². The van der Waals surface area contributed by atoms with Crippen LogP contribution in [0.3, 0.4) is 0 Å². The molecule has 0 unspecified atom stereocenters. The molecule has 2 aromatic rings. The largest absolute Gasteiger partial charge is 0.418 e. The highest BCUT2D eigenvalue weighted by atomic mass is 32.2. The summed E-state index contributed by atoms with van der Waals surface area (Å²) in [6.07, 6.45) is -3.38.